The molecule has 29 heavy (non-hydrogen) atoms. The van der Waals surface area contributed by atoms with Crippen LogP contribution in [0.5, 0.6) is 5.75 Å². The fourth-order valence-corrected chi connectivity index (χ4v) is 6.37. The largest absolute Gasteiger partial charge is 0.744 e. The third kappa shape index (κ3) is 3.27. The van der Waals surface area contributed by atoms with Crippen molar-refractivity contribution in [2.75, 3.05) is 0 Å². The molecule has 11 heteroatoms. The summed E-state index contributed by atoms with van der Waals surface area (Å²) in [7, 11) is -5.80. The van der Waals surface area contributed by atoms with E-state index >= 15 is 0 Å². The topological polar surface area (TPSA) is 92.7 Å². The van der Waals surface area contributed by atoms with E-state index in [0.717, 1.165) is 6.42 Å². The van der Waals surface area contributed by atoms with Crippen LogP contribution in [0.1, 0.15) is 45.4 Å². The van der Waals surface area contributed by atoms with Gasteiger partial charge in [-0.2, -0.15) is 8.78 Å². The van der Waals surface area contributed by atoms with Gasteiger partial charge in [0, 0.05) is 13.3 Å². The van der Waals surface area contributed by atoms with Crippen LogP contribution in [0, 0.1) is 35.1 Å². The molecule has 0 saturated heterocycles. The van der Waals surface area contributed by atoms with Gasteiger partial charge in [-0.1, -0.05) is 0 Å². The fraction of sp³-hybridized carbons (Fsp3) is 0.611. The van der Waals surface area contributed by atoms with Gasteiger partial charge in [-0.05, 0) is 43.9 Å². The van der Waals surface area contributed by atoms with E-state index in [2.05, 4.69) is 0 Å². The Labute approximate surface area is 163 Å². The van der Waals surface area contributed by atoms with Crippen LogP contribution < -0.4 is 4.74 Å². The summed E-state index contributed by atoms with van der Waals surface area (Å²) >= 11 is 0. The second-order valence-electron chi connectivity index (χ2n) is 8.39. The number of esters is 1. The first-order chi connectivity index (χ1) is 13.3. The maximum Gasteiger partial charge on any atom is 0.303 e. The van der Waals surface area contributed by atoms with Crippen LogP contribution in [0.2, 0.25) is 0 Å². The van der Waals surface area contributed by atoms with Crippen LogP contribution in [-0.2, 0) is 19.6 Å². The summed E-state index contributed by atoms with van der Waals surface area (Å²) in [6.07, 6.45) is 2.72. The lowest BCUT2D eigenvalue weighted by Gasteiger charge is -2.60. The molecule has 4 saturated carbocycles. The van der Waals surface area contributed by atoms with Crippen molar-refractivity contribution >= 4 is 16.1 Å². The van der Waals surface area contributed by atoms with Crippen molar-refractivity contribution in [3.63, 3.8) is 0 Å². The Morgan fingerprint density at radius 1 is 0.966 bits per heavy atom. The zero-order chi connectivity index (χ0) is 21.4. The average molecular weight is 437 g/mol. The van der Waals surface area contributed by atoms with Crippen molar-refractivity contribution in [1.29, 1.82) is 0 Å². The first-order valence-electron chi connectivity index (χ1n) is 9.05. The standard InChI is InChI=1S/C18H18F4O6S/c1-8(23)27-17-3-9-2-10(4-17)6-18(5-9,7-17)28-15-11(19)13(21)16(29(24,25)26)14(22)12(15)20/h9-10H,2-7H2,1H3,(H,24,25,26)/p-1. The van der Waals surface area contributed by atoms with E-state index in [0.29, 0.717) is 25.7 Å². The van der Waals surface area contributed by atoms with E-state index in [1.165, 1.54) is 6.92 Å². The minimum absolute atomic E-state index is 0.0395. The molecule has 4 aliphatic carbocycles. The molecule has 2 unspecified atom stereocenters. The number of benzene rings is 1. The van der Waals surface area contributed by atoms with Crippen LogP contribution in [0.25, 0.3) is 0 Å². The molecule has 0 radical (unpaired) electrons. The molecule has 1 aromatic carbocycles. The predicted octanol–water partition coefficient (Wildman–Crippen LogP) is 3.18. The highest BCUT2D eigenvalue weighted by molar-refractivity contribution is 7.85. The molecule has 0 aliphatic heterocycles. The monoisotopic (exact) mass is 437 g/mol. The Bertz CT molecular complexity index is 965. The Hall–Kier alpha value is -1.88. The van der Waals surface area contributed by atoms with Gasteiger partial charge in [-0.25, -0.2) is 17.2 Å². The van der Waals surface area contributed by atoms with Crippen LogP contribution >= 0.6 is 0 Å². The molecular formula is C18H17F4O6S-. The van der Waals surface area contributed by atoms with Crippen molar-refractivity contribution < 1.29 is 44.8 Å². The van der Waals surface area contributed by atoms with Gasteiger partial charge in [-0.3, -0.25) is 4.79 Å². The van der Waals surface area contributed by atoms with E-state index in [4.69, 9.17) is 9.47 Å². The summed E-state index contributed by atoms with van der Waals surface area (Å²) in [5.41, 5.74) is -2.10. The highest BCUT2D eigenvalue weighted by Gasteiger charge is 2.61. The molecular weight excluding hydrogens is 420 g/mol. The van der Waals surface area contributed by atoms with Gasteiger partial charge < -0.3 is 14.0 Å². The zero-order valence-electron chi connectivity index (χ0n) is 15.3. The van der Waals surface area contributed by atoms with Crippen LogP contribution in [-0.4, -0.2) is 30.1 Å². The molecule has 6 nitrogen and oxygen atoms in total. The summed E-state index contributed by atoms with van der Waals surface area (Å²) in [6.45, 7) is 1.25. The van der Waals surface area contributed by atoms with Gasteiger partial charge in [0.25, 0.3) is 0 Å². The molecule has 0 spiro atoms. The number of hydrogen-bond acceptors (Lipinski definition) is 6. The molecule has 5 rings (SSSR count). The van der Waals surface area contributed by atoms with Crippen LogP contribution in [0.4, 0.5) is 17.6 Å². The van der Waals surface area contributed by atoms with Gasteiger partial charge >= 0.3 is 5.97 Å². The molecule has 2 atom stereocenters. The molecule has 1 aromatic rings. The SMILES string of the molecule is CC(=O)OC12CC3CC(C1)CC(Oc1c(F)c(F)c(S(=O)(=O)[O-])c(F)c1F)(C3)C2. The first kappa shape index (κ1) is 20.4. The van der Waals surface area contributed by atoms with Crippen molar-refractivity contribution in [2.24, 2.45) is 11.8 Å². The summed E-state index contributed by atoms with van der Waals surface area (Å²) in [6, 6.07) is 0. The third-order valence-corrected chi connectivity index (χ3v) is 6.92. The Kier molecular flexibility index (Phi) is 4.44. The maximum absolute atomic E-state index is 14.4. The lowest BCUT2D eigenvalue weighted by molar-refractivity contribution is -0.212. The number of carbonyl (C=O) groups is 1. The summed E-state index contributed by atoms with van der Waals surface area (Å²) in [4.78, 5) is 9.33. The molecule has 4 aliphatic rings. The number of hydrogen-bond donors (Lipinski definition) is 0. The fourth-order valence-electron chi connectivity index (χ4n) is 5.76. The number of ether oxygens (including phenoxy) is 2. The normalized spacial score (nSPS) is 33.0. The quantitative estimate of drug-likeness (QED) is 0.311. The van der Waals surface area contributed by atoms with E-state index in [9.17, 15) is 35.3 Å². The van der Waals surface area contributed by atoms with Crippen molar-refractivity contribution in [3.05, 3.63) is 23.3 Å². The lowest BCUT2D eigenvalue weighted by atomic mass is 9.52. The number of halogens is 4. The van der Waals surface area contributed by atoms with Crippen LogP contribution in [0.3, 0.4) is 0 Å². The van der Waals surface area contributed by atoms with Crippen molar-refractivity contribution in [3.8, 4) is 5.75 Å². The van der Waals surface area contributed by atoms with E-state index in [1.807, 2.05) is 0 Å². The smallest absolute Gasteiger partial charge is 0.303 e. The zero-order valence-corrected chi connectivity index (χ0v) is 16.1. The lowest BCUT2D eigenvalue weighted by Crippen LogP contribution is -2.62. The summed E-state index contributed by atoms with van der Waals surface area (Å²) < 4.78 is 101. The van der Waals surface area contributed by atoms with E-state index in [1.54, 1.807) is 0 Å². The summed E-state index contributed by atoms with van der Waals surface area (Å²) in [5.74, 6) is -10.7. The minimum atomic E-state index is -5.80. The number of rotatable bonds is 4. The maximum atomic E-state index is 14.4. The molecule has 4 fully saturated rings. The summed E-state index contributed by atoms with van der Waals surface area (Å²) in [5, 5.41) is 0. The number of carbonyl (C=O) groups excluding carboxylic acids is 1. The van der Waals surface area contributed by atoms with Crippen LogP contribution in [0.15, 0.2) is 4.90 Å². The Morgan fingerprint density at radius 2 is 1.45 bits per heavy atom. The van der Waals surface area contributed by atoms with Gasteiger partial charge in [0.15, 0.2) is 17.4 Å². The molecule has 0 amide bonds. The molecule has 0 N–H and O–H groups in total. The second kappa shape index (κ2) is 6.31. The van der Waals surface area contributed by atoms with Crippen molar-refractivity contribution in [2.45, 2.75) is 61.5 Å². The molecule has 0 heterocycles. The second-order valence-corrected chi connectivity index (χ2v) is 9.71. The molecule has 160 valence electrons. The van der Waals surface area contributed by atoms with E-state index in [-0.39, 0.29) is 18.3 Å². The van der Waals surface area contributed by atoms with Crippen molar-refractivity contribution in [1.82, 2.24) is 0 Å². The third-order valence-electron chi connectivity index (χ3n) is 6.07. The first-order valence-corrected chi connectivity index (χ1v) is 10.5. The molecule has 0 aromatic heterocycles. The highest BCUT2D eigenvalue weighted by atomic mass is 32.2. The van der Waals surface area contributed by atoms with Gasteiger partial charge in [-0.15, -0.1) is 0 Å². The molecule has 4 bridgehead atoms. The van der Waals surface area contributed by atoms with E-state index < -0.39 is 61.2 Å². The minimum Gasteiger partial charge on any atom is -0.744 e. The Morgan fingerprint density at radius 3 is 1.90 bits per heavy atom. The van der Waals surface area contributed by atoms with Gasteiger partial charge in [0.05, 0.1) is 0 Å². The van der Waals surface area contributed by atoms with Gasteiger partial charge in [0.2, 0.25) is 11.6 Å². The Balaban J connectivity index is 1.76. The average Bonchev–Trinajstić information content (AvgIpc) is 2.53. The predicted molar refractivity (Wildman–Crippen MR) is 86.8 cm³/mol. The van der Waals surface area contributed by atoms with Gasteiger partial charge in [0.1, 0.15) is 26.2 Å². The highest BCUT2D eigenvalue weighted by Crippen LogP contribution is 2.60.